The molecular formula is C33H33ClF2N4O5. The number of piperidine rings is 1. The summed E-state index contributed by atoms with van der Waals surface area (Å²) >= 11 is 0. The van der Waals surface area contributed by atoms with Crippen LogP contribution in [0.25, 0.3) is 10.9 Å². The van der Waals surface area contributed by atoms with Crippen LogP contribution in [0, 0.1) is 23.0 Å². The molecule has 2 fully saturated rings. The molecule has 1 aliphatic carbocycles. The Hall–Kier alpha value is -4.48. The molecule has 9 nitrogen and oxygen atoms in total. The Balaban J connectivity index is 0.00000400. The zero-order valence-corrected chi connectivity index (χ0v) is 25.4. The number of nitrogens with zero attached hydrogens (tertiary/aromatic N) is 2. The van der Waals surface area contributed by atoms with Gasteiger partial charge in [-0.15, -0.1) is 12.4 Å². The second-order valence-corrected chi connectivity index (χ2v) is 11.1. The highest BCUT2D eigenvalue weighted by Gasteiger charge is 2.57. The lowest BCUT2D eigenvalue weighted by molar-refractivity contribution is -0.133. The summed E-state index contributed by atoms with van der Waals surface area (Å²) in [7, 11) is 1.55. The van der Waals surface area contributed by atoms with E-state index in [1.165, 1.54) is 41.3 Å². The number of primary amides is 1. The van der Waals surface area contributed by atoms with Crippen molar-refractivity contribution in [2.45, 2.75) is 25.7 Å². The van der Waals surface area contributed by atoms with E-state index in [1.54, 1.807) is 31.5 Å². The molecule has 0 spiro atoms. The number of nitrogens with two attached hydrogens (primary N) is 1. The number of carbonyl (C=O) groups excluding carboxylic acids is 2. The molecule has 2 amide bonds. The van der Waals surface area contributed by atoms with E-state index in [4.69, 9.17) is 19.9 Å². The summed E-state index contributed by atoms with van der Waals surface area (Å²) < 4.78 is 47.0. The smallest absolute Gasteiger partial charge is 0.247 e. The van der Waals surface area contributed by atoms with E-state index in [-0.39, 0.29) is 42.4 Å². The summed E-state index contributed by atoms with van der Waals surface area (Å²) in [6, 6.07) is 14.3. The first-order valence-electron chi connectivity index (χ1n) is 14.5. The molecule has 12 heteroatoms. The molecule has 3 aromatic carbocycles. The quantitative estimate of drug-likeness (QED) is 0.203. The van der Waals surface area contributed by atoms with Crippen LogP contribution in [0.4, 0.5) is 20.2 Å². The monoisotopic (exact) mass is 638 g/mol. The molecule has 3 N–H and O–H groups in total. The summed E-state index contributed by atoms with van der Waals surface area (Å²) in [5.41, 5.74) is 5.15. The molecule has 0 unspecified atom stereocenters. The third-order valence-electron chi connectivity index (χ3n) is 8.23. The van der Waals surface area contributed by atoms with Crippen molar-refractivity contribution in [3.8, 4) is 23.0 Å². The third kappa shape index (κ3) is 6.50. The Morgan fingerprint density at radius 2 is 1.67 bits per heavy atom. The minimum absolute atomic E-state index is 0. The van der Waals surface area contributed by atoms with Gasteiger partial charge in [-0.25, -0.2) is 8.78 Å². The Morgan fingerprint density at radius 3 is 2.31 bits per heavy atom. The van der Waals surface area contributed by atoms with Crippen LogP contribution in [0.2, 0.25) is 0 Å². The number of anilines is 2. The van der Waals surface area contributed by atoms with E-state index < -0.39 is 28.9 Å². The molecule has 1 saturated carbocycles. The van der Waals surface area contributed by atoms with Crippen molar-refractivity contribution in [3.05, 3.63) is 78.5 Å². The van der Waals surface area contributed by atoms with E-state index in [0.717, 1.165) is 32.0 Å². The number of hydrogen-bond donors (Lipinski definition) is 2. The second-order valence-electron chi connectivity index (χ2n) is 11.1. The molecule has 1 saturated heterocycles. The summed E-state index contributed by atoms with van der Waals surface area (Å²) in [6.45, 7) is 2.50. The van der Waals surface area contributed by atoms with Crippen molar-refractivity contribution < 1.29 is 32.6 Å². The van der Waals surface area contributed by atoms with Gasteiger partial charge in [-0.05, 0) is 93.2 Å². The number of benzene rings is 3. The van der Waals surface area contributed by atoms with Gasteiger partial charge >= 0.3 is 0 Å². The number of amides is 2. The lowest BCUT2D eigenvalue weighted by Crippen LogP contribution is -2.41. The molecule has 1 aliphatic heterocycles. The number of methoxy groups -OCH3 is 1. The lowest BCUT2D eigenvalue weighted by Gasteiger charge is -2.26. The van der Waals surface area contributed by atoms with Crippen molar-refractivity contribution in [1.29, 1.82) is 0 Å². The molecule has 0 radical (unpaired) electrons. The van der Waals surface area contributed by atoms with Gasteiger partial charge in [0.05, 0.1) is 24.9 Å². The van der Waals surface area contributed by atoms with Crippen molar-refractivity contribution in [2.75, 3.05) is 31.7 Å². The number of ether oxygens (including phenoxy) is 3. The van der Waals surface area contributed by atoms with E-state index in [1.807, 2.05) is 0 Å². The van der Waals surface area contributed by atoms with Crippen LogP contribution in [0.5, 0.6) is 23.0 Å². The Kier molecular flexibility index (Phi) is 9.40. The lowest BCUT2D eigenvalue weighted by atomic mass is 9.99. The Bertz CT molecular complexity index is 1710. The molecule has 2 heterocycles. The average molecular weight is 639 g/mol. The number of pyridine rings is 1. The van der Waals surface area contributed by atoms with Crippen LogP contribution in [-0.4, -0.2) is 43.6 Å². The molecule has 6 rings (SSSR count). The molecule has 4 aromatic rings. The van der Waals surface area contributed by atoms with Gasteiger partial charge in [0.25, 0.3) is 0 Å². The standard InChI is InChI=1S/C33H32F2N4O5.ClH/c1-42-29-17-24-26(18-30(29)43-19-20-8-13-37-14-9-20)38-15-10-27(24)44-28-7-6-23(16-25(28)35)39(22-4-2-21(34)3-5-22)32(41)33(11-12-33)31(36)40;/h2-7,10,15-18,20,37H,8-9,11-14,19H2,1H3,(H2,36,40);1H. The first-order valence-corrected chi connectivity index (χ1v) is 14.5. The van der Waals surface area contributed by atoms with Crippen LogP contribution in [0.3, 0.4) is 0 Å². The maximum atomic E-state index is 15.6. The largest absolute Gasteiger partial charge is 0.493 e. The fourth-order valence-electron chi connectivity index (χ4n) is 5.45. The number of fused-ring (bicyclic) bond motifs is 1. The predicted molar refractivity (Wildman–Crippen MR) is 168 cm³/mol. The number of hydrogen-bond acceptors (Lipinski definition) is 7. The van der Waals surface area contributed by atoms with Crippen LogP contribution >= 0.6 is 12.4 Å². The summed E-state index contributed by atoms with van der Waals surface area (Å²) in [5.74, 6) is -0.879. The third-order valence-corrected chi connectivity index (χ3v) is 8.23. The predicted octanol–water partition coefficient (Wildman–Crippen LogP) is 6.04. The average Bonchev–Trinajstić information content (AvgIpc) is 3.85. The molecule has 0 bridgehead atoms. The van der Waals surface area contributed by atoms with Crippen molar-refractivity contribution in [1.82, 2.24) is 10.3 Å². The number of aromatic nitrogens is 1. The Labute approximate surface area is 265 Å². The van der Waals surface area contributed by atoms with Crippen molar-refractivity contribution >= 4 is 46.5 Å². The second kappa shape index (κ2) is 13.3. The highest BCUT2D eigenvalue weighted by Crippen LogP contribution is 2.49. The van der Waals surface area contributed by atoms with Gasteiger partial charge in [0.2, 0.25) is 11.8 Å². The van der Waals surface area contributed by atoms with E-state index >= 15 is 4.39 Å². The minimum Gasteiger partial charge on any atom is -0.493 e. The topological polar surface area (TPSA) is 116 Å². The van der Waals surface area contributed by atoms with Crippen molar-refractivity contribution in [3.63, 3.8) is 0 Å². The first-order chi connectivity index (χ1) is 21.3. The van der Waals surface area contributed by atoms with E-state index in [9.17, 15) is 14.0 Å². The van der Waals surface area contributed by atoms with Crippen LogP contribution in [0.15, 0.2) is 66.9 Å². The van der Waals surface area contributed by atoms with Crippen LogP contribution in [0.1, 0.15) is 25.7 Å². The summed E-state index contributed by atoms with van der Waals surface area (Å²) in [6.07, 6.45) is 4.20. The normalized spacial score (nSPS) is 15.5. The summed E-state index contributed by atoms with van der Waals surface area (Å²) in [4.78, 5) is 31.3. The van der Waals surface area contributed by atoms with Gasteiger partial charge in [0.1, 0.15) is 17.0 Å². The maximum Gasteiger partial charge on any atom is 0.247 e. The highest BCUT2D eigenvalue weighted by molar-refractivity contribution is 6.16. The van der Waals surface area contributed by atoms with Gasteiger partial charge in [-0.2, -0.15) is 0 Å². The minimum atomic E-state index is -1.38. The van der Waals surface area contributed by atoms with Gasteiger partial charge in [-0.1, -0.05) is 0 Å². The Morgan fingerprint density at radius 1 is 0.956 bits per heavy atom. The maximum absolute atomic E-state index is 15.6. The number of halogens is 3. The van der Waals surface area contributed by atoms with Crippen molar-refractivity contribution in [2.24, 2.45) is 17.1 Å². The molecule has 0 atom stereocenters. The van der Waals surface area contributed by atoms with E-state index in [0.29, 0.717) is 40.7 Å². The number of rotatable bonds is 10. The molecule has 236 valence electrons. The van der Waals surface area contributed by atoms with Crippen LogP contribution in [-0.2, 0) is 9.59 Å². The highest BCUT2D eigenvalue weighted by atomic mass is 35.5. The van der Waals surface area contributed by atoms with Gasteiger partial charge in [0.15, 0.2) is 23.1 Å². The van der Waals surface area contributed by atoms with Gasteiger partial charge in [-0.3, -0.25) is 19.5 Å². The molecule has 45 heavy (non-hydrogen) atoms. The first kappa shape index (κ1) is 31.9. The van der Waals surface area contributed by atoms with Gasteiger partial charge in [0, 0.05) is 29.4 Å². The molecule has 2 aliphatic rings. The molecular weight excluding hydrogens is 606 g/mol. The van der Waals surface area contributed by atoms with Crippen LogP contribution < -0.4 is 30.2 Å². The zero-order valence-electron chi connectivity index (χ0n) is 24.6. The van der Waals surface area contributed by atoms with Gasteiger partial charge < -0.3 is 25.3 Å². The fourth-order valence-corrected chi connectivity index (χ4v) is 5.45. The number of nitrogens with one attached hydrogen (secondary N) is 1. The zero-order chi connectivity index (χ0) is 30.8. The number of carbonyl (C=O) groups is 2. The fraction of sp³-hybridized carbons (Fsp3) is 0.303. The van der Waals surface area contributed by atoms with E-state index in [2.05, 4.69) is 10.3 Å². The SMILES string of the molecule is COc1cc2c(Oc3ccc(N(C(=O)C4(C(N)=O)CC4)c4ccc(F)cc4)cc3F)ccnc2cc1OCC1CCNCC1.Cl. The molecule has 1 aromatic heterocycles. The summed E-state index contributed by atoms with van der Waals surface area (Å²) in [5, 5.41) is 3.93.